The van der Waals surface area contributed by atoms with Gasteiger partial charge in [-0.15, -0.1) is 0 Å². The zero-order valence-electron chi connectivity index (χ0n) is 10.1. The third kappa shape index (κ3) is 2.35. The Kier molecular flexibility index (Phi) is 3.33. The van der Waals surface area contributed by atoms with E-state index in [1.165, 1.54) is 6.07 Å². The van der Waals surface area contributed by atoms with Crippen molar-refractivity contribution in [3.8, 4) is 11.5 Å². The molecule has 2 aromatic rings. The highest BCUT2D eigenvalue weighted by atomic mass is 16.3. The molecule has 0 radical (unpaired) electrons. The van der Waals surface area contributed by atoms with Crippen LogP contribution in [-0.2, 0) is 6.42 Å². The van der Waals surface area contributed by atoms with Gasteiger partial charge in [0.2, 0.25) is 0 Å². The lowest BCUT2D eigenvalue weighted by molar-refractivity contribution is 0.112. The highest BCUT2D eigenvalue weighted by molar-refractivity contribution is 5.79. The van der Waals surface area contributed by atoms with E-state index in [1.807, 2.05) is 25.1 Å². The monoisotopic (exact) mass is 242 g/mol. The van der Waals surface area contributed by atoms with E-state index in [-0.39, 0.29) is 17.1 Å². The van der Waals surface area contributed by atoms with E-state index in [0.29, 0.717) is 12.7 Å². The molecule has 3 heteroatoms. The average Bonchev–Trinajstić information content (AvgIpc) is 2.37. The summed E-state index contributed by atoms with van der Waals surface area (Å²) in [6, 6.07) is 10.4. The fraction of sp³-hybridized carbons (Fsp3) is 0.133. The Hall–Kier alpha value is -2.29. The summed E-state index contributed by atoms with van der Waals surface area (Å²) in [5.74, 6) is 0.250. The first-order chi connectivity index (χ1) is 8.61. The highest BCUT2D eigenvalue weighted by Gasteiger charge is 2.07. The summed E-state index contributed by atoms with van der Waals surface area (Å²) in [7, 11) is 0. The van der Waals surface area contributed by atoms with Gasteiger partial charge in [-0.2, -0.15) is 0 Å². The van der Waals surface area contributed by atoms with Crippen molar-refractivity contribution in [3.05, 3.63) is 58.7 Å². The van der Waals surface area contributed by atoms with E-state index in [4.69, 9.17) is 0 Å². The van der Waals surface area contributed by atoms with Gasteiger partial charge in [0, 0.05) is 6.42 Å². The summed E-state index contributed by atoms with van der Waals surface area (Å²) in [6.07, 6.45) is 1.14. The second-order valence-corrected chi connectivity index (χ2v) is 4.27. The molecule has 0 fully saturated rings. The first-order valence-electron chi connectivity index (χ1n) is 5.66. The van der Waals surface area contributed by atoms with Gasteiger partial charge in [-0.1, -0.05) is 24.3 Å². The van der Waals surface area contributed by atoms with E-state index < -0.39 is 0 Å². The van der Waals surface area contributed by atoms with Crippen LogP contribution in [0.3, 0.4) is 0 Å². The second-order valence-electron chi connectivity index (χ2n) is 4.27. The van der Waals surface area contributed by atoms with Crippen LogP contribution in [0.2, 0.25) is 0 Å². The number of benzene rings is 2. The number of aromatic hydroxyl groups is 2. The van der Waals surface area contributed by atoms with Crippen LogP contribution in [0.15, 0.2) is 36.4 Å². The van der Waals surface area contributed by atoms with Crippen molar-refractivity contribution < 1.29 is 15.0 Å². The van der Waals surface area contributed by atoms with Crippen molar-refractivity contribution in [3.63, 3.8) is 0 Å². The standard InChI is InChI=1S/C15H14O3/c1-10-3-2-4-12(15(10)18)7-11-5-6-14(17)13(8-11)9-16/h2-6,8-9,17-18H,7H2,1H3. The number of phenolic OH excluding ortho intramolecular Hbond substituents is 2. The molecule has 0 aliphatic rings. The van der Waals surface area contributed by atoms with E-state index in [1.54, 1.807) is 12.1 Å². The van der Waals surface area contributed by atoms with Gasteiger partial charge in [0.25, 0.3) is 0 Å². The molecule has 0 atom stereocenters. The van der Waals surface area contributed by atoms with Crippen LogP contribution in [-0.4, -0.2) is 16.5 Å². The van der Waals surface area contributed by atoms with Crippen molar-refractivity contribution in [1.29, 1.82) is 0 Å². The van der Waals surface area contributed by atoms with Crippen molar-refractivity contribution in [1.82, 2.24) is 0 Å². The summed E-state index contributed by atoms with van der Waals surface area (Å²) in [4.78, 5) is 10.7. The van der Waals surface area contributed by atoms with Crippen LogP contribution in [0.5, 0.6) is 11.5 Å². The minimum Gasteiger partial charge on any atom is -0.507 e. The molecule has 0 amide bonds. The average molecular weight is 242 g/mol. The maximum atomic E-state index is 10.7. The van der Waals surface area contributed by atoms with Crippen LogP contribution < -0.4 is 0 Å². The molecule has 0 bridgehead atoms. The van der Waals surface area contributed by atoms with Crippen LogP contribution >= 0.6 is 0 Å². The van der Waals surface area contributed by atoms with Gasteiger partial charge in [0.15, 0.2) is 6.29 Å². The van der Waals surface area contributed by atoms with Gasteiger partial charge >= 0.3 is 0 Å². The van der Waals surface area contributed by atoms with Crippen LogP contribution in [0.25, 0.3) is 0 Å². The van der Waals surface area contributed by atoms with Gasteiger partial charge in [0.05, 0.1) is 5.56 Å². The van der Waals surface area contributed by atoms with Crippen molar-refractivity contribution >= 4 is 6.29 Å². The zero-order chi connectivity index (χ0) is 13.1. The largest absolute Gasteiger partial charge is 0.507 e. The van der Waals surface area contributed by atoms with Crippen LogP contribution in [0.1, 0.15) is 27.0 Å². The summed E-state index contributed by atoms with van der Waals surface area (Å²) >= 11 is 0. The number of phenols is 2. The maximum Gasteiger partial charge on any atom is 0.153 e. The van der Waals surface area contributed by atoms with Gasteiger partial charge in [-0.3, -0.25) is 4.79 Å². The van der Waals surface area contributed by atoms with Crippen LogP contribution in [0, 0.1) is 6.92 Å². The number of aryl methyl sites for hydroxylation is 1. The lowest BCUT2D eigenvalue weighted by atomic mass is 10.00. The number of hydrogen-bond donors (Lipinski definition) is 2. The maximum absolute atomic E-state index is 10.7. The molecule has 18 heavy (non-hydrogen) atoms. The predicted molar refractivity (Wildman–Crippen MR) is 69.1 cm³/mol. The molecule has 0 saturated carbocycles. The number of rotatable bonds is 3. The first-order valence-corrected chi connectivity index (χ1v) is 5.66. The Morgan fingerprint density at radius 2 is 1.94 bits per heavy atom. The minimum absolute atomic E-state index is 0.0257. The molecule has 0 aliphatic carbocycles. The molecule has 2 aromatic carbocycles. The Morgan fingerprint density at radius 1 is 1.17 bits per heavy atom. The summed E-state index contributed by atoms with van der Waals surface area (Å²) in [6.45, 7) is 1.84. The molecule has 92 valence electrons. The molecule has 2 rings (SSSR count). The molecule has 0 spiro atoms. The smallest absolute Gasteiger partial charge is 0.153 e. The molecule has 3 nitrogen and oxygen atoms in total. The number of aldehydes is 1. The Labute approximate surface area is 105 Å². The highest BCUT2D eigenvalue weighted by Crippen LogP contribution is 2.25. The fourth-order valence-corrected chi connectivity index (χ4v) is 1.89. The quantitative estimate of drug-likeness (QED) is 0.814. The van der Waals surface area contributed by atoms with Crippen molar-refractivity contribution in [2.45, 2.75) is 13.3 Å². The van der Waals surface area contributed by atoms with E-state index in [9.17, 15) is 15.0 Å². The zero-order valence-corrected chi connectivity index (χ0v) is 10.1. The second kappa shape index (κ2) is 4.92. The molecular formula is C15H14O3. The van der Waals surface area contributed by atoms with E-state index in [2.05, 4.69) is 0 Å². The van der Waals surface area contributed by atoms with Gasteiger partial charge < -0.3 is 10.2 Å². The normalized spacial score (nSPS) is 10.3. The SMILES string of the molecule is Cc1cccc(Cc2ccc(O)c(C=O)c2)c1O. The first kappa shape index (κ1) is 12.2. The topological polar surface area (TPSA) is 57.5 Å². The fourth-order valence-electron chi connectivity index (χ4n) is 1.89. The number of para-hydroxylation sites is 1. The number of hydrogen-bond acceptors (Lipinski definition) is 3. The molecule has 0 saturated heterocycles. The van der Waals surface area contributed by atoms with E-state index in [0.717, 1.165) is 16.7 Å². The van der Waals surface area contributed by atoms with Crippen molar-refractivity contribution in [2.24, 2.45) is 0 Å². The van der Waals surface area contributed by atoms with Gasteiger partial charge in [0.1, 0.15) is 11.5 Å². The number of carbonyl (C=O) groups is 1. The summed E-state index contributed by atoms with van der Waals surface area (Å²) < 4.78 is 0. The Bertz CT molecular complexity index is 588. The third-order valence-corrected chi connectivity index (χ3v) is 2.93. The lowest BCUT2D eigenvalue weighted by Gasteiger charge is -2.08. The molecule has 2 N–H and O–H groups in total. The molecular weight excluding hydrogens is 228 g/mol. The molecule has 0 heterocycles. The van der Waals surface area contributed by atoms with Crippen LogP contribution in [0.4, 0.5) is 0 Å². The lowest BCUT2D eigenvalue weighted by Crippen LogP contribution is -1.92. The minimum atomic E-state index is -0.0257. The third-order valence-electron chi connectivity index (χ3n) is 2.93. The number of carbonyl (C=O) groups excluding carboxylic acids is 1. The van der Waals surface area contributed by atoms with E-state index >= 15 is 0 Å². The summed E-state index contributed by atoms with van der Waals surface area (Å²) in [5, 5.41) is 19.3. The van der Waals surface area contributed by atoms with Crippen molar-refractivity contribution in [2.75, 3.05) is 0 Å². The predicted octanol–water partition coefficient (Wildman–Crippen LogP) is 2.81. The molecule has 0 aromatic heterocycles. The Morgan fingerprint density at radius 3 is 2.67 bits per heavy atom. The molecule has 0 aliphatic heterocycles. The van der Waals surface area contributed by atoms with Gasteiger partial charge in [-0.05, 0) is 35.7 Å². The Balaban J connectivity index is 2.34. The van der Waals surface area contributed by atoms with Gasteiger partial charge in [-0.25, -0.2) is 0 Å². The summed E-state index contributed by atoms with van der Waals surface area (Å²) in [5.41, 5.74) is 2.76. The molecule has 0 unspecified atom stereocenters.